The van der Waals surface area contributed by atoms with Gasteiger partial charge in [-0.2, -0.15) is 0 Å². The first-order chi connectivity index (χ1) is 31.2. The Bertz CT molecular complexity index is 3700. The molecule has 4 nitrogen and oxygen atoms in total. The fourth-order valence-corrected chi connectivity index (χ4v) is 11.8. The molecule has 0 amide bonds. The third-order valence-electron chi connectivity index (χ3n) is 12.5. The van der Waals surface area contributed by atoms with E-state index in [1.54, 1.807) is 0 Å². The Morgan fingerprint density at radius 2 is 1.03 bits per heavy atom. The fourth-order valence-electron chi connectivity index (χ4n) is 9.50. The first-order valence-corrected chi connectivity index (χ1v) is 23.0. The number of furan rings is 1. The summed E-state index contributed by atoms with van der Waals surface area (Å²) in [6.07, 6.45) is 0. The highest BCUT2D eigenvalue weighted by Crippen LogP contribution is 2.48. The van der Waals surface area contributed by atoms with Crippen LogP contribution >= 0.6 is 23.1 Å². The summed E-state index contributed by atoms with van der Waals surface area (Å²) in [5, 5.41) is 13.6. The zero-order chi connectivity index (χ0) is 41.4. The molecular formula is C57H37N3OS2. The number of para-hydroxylation sites is 2. The van der Waals surface area contributed by atoms with E-state index in [0.717, 1.165) is 56.1 Å². The van der Waals surface area contributed by atoms with Crippen LogP contribution in [0.15, 0.2) is 222 Å². The first kappa shape index (κ1) is 36.2. The Morgan fingerprint density at radius 1 is 0.413 bits per heavy atom. The van der Waals surface area contributed by atoms with Gasteiger partial charge in [-0.05, 0) is 119 Å². The molecule has 1 atom stereocenters. The van der Waals surface area contributed by atoms with Crippen molar-refractivity contribution >= 4 is 127 Å². The molecule has 3 heterocycles. The Kier molecular flexibility index (Phi) is 8.36. The lowest BCUT2D eigenvalue weighted by atomic mass is 10.0. The largest absolute Gasteiger partial charge is 0.456 e. The van der Waals surface area contributed by atoms with Crippen molar-refractivity contribution in [2.75, 3.05) is 15.1 Å². The van der Waals surface area contributed by atoms with Gasteiger partial charge in [0.25, 0.3) is 0 Å². The second-order valence-corrected chi connectivity index (χ2v) is 18.4. The minimum atomic E-state index is 0.160. The van der Waals surface area contributed by atoms with Crippen molar-refractivity contribution in [1.29, 1.82) is 0 Å². The average Bonchev–Trinajstić information content (AvgIpc) is 4.06. The molecular weight excluding hydrogens is 807 g/mol. The standard InChI is InChI=1S/C57H37N3OS2/c1-2-14-39(15-3-1)59(43-26-29-46-55(35-43)62-54-32-23-37-12-5-7-17-45(37)56(46)54)41-27-30-51-47(33-41)48-34-42(28-31-52(48)61-51)60(50-19-10-13-36-11-4-6-16-44(36)50)40-24-21-38(22-25-40)57-58-49-18-8-9-20-53(49)63-57/h1-35,57-58H. The van der Waals surface area contributed by atoms with Gasteiger partial charge in [0.1, 0.15) is 16.5 Å². The Morgan fingerprint density at radius 3 is 1.83 bits per heavy atom. The molecule has 0 bridgehead atoms. The second-order valence-electron chi connectivity index (χ2n) is 16.1. The van der Waals surface area contributed by atoms with E-state index in [-0.39, 0.29) is 5.37 Å². The molecule has 0 saturated carbocycles. The van der Waals surface area contributed by atoms with Crippen LogP contribution in [-0.4, -0.2) is 0 Å². The van der Waals surface area contributed by atoms with Crippen LogP contribution in [0.2, 0.25) is 0 Å². The van der Waals surface area contributed by atoms with Gasteiger partial charge in [-0.25, -0.2) is 0 Å². The van der Waals surface area contributed by atoms with E-state index in [1.165, 1.54) is 57.9 Å². The van der Waals surface area contributed by atoms with Gasteiger partial charge >= 0.3 is 0 Å². The molecule has 1 aliphatic heterocycles. The maximum absolute atomic E-state index is 6.60. The number of thiophene rings is 1. The van der Waals surface area contributed by atoms with Crippen LogP contribution in [0, 0.1) is 0 Å². The highest BCUT2D eigenvalue weighted by molar-refractivity contribution is 8.00. The zero-order valence-corrected chi connectivity index (χ0v) is 35.5. The van der Waals surface area contributed by atoms with E-state index in [9.17, 15) is 0 Å². The number of hydrogen-bond donors (Lipinski definition) is 1. The van der Waals surface area contributed by atoms with Gasteiger partial charge < -0.3 is 19.5 Å². The van der Waals surface area contributed by atoms with Crippen LogP contribution < -0.4 is 15.1 Å². The van der Waals surface area contributed by atoms with Crippen LogP contribution in [0.4, 0.5) is 39.8 Å². The van der Waals surface area contributed by atoms with Gasteiger partial charge in [-0.3, -0.25) is 0 Å². The van der Waals surface area contributed by atoms with Gasteiger partial charge in [0, 0.05) is 75.4 Å². The molecule has 0 spiro atoms. The fraction of sp³-hybridized carbons (Fsp3) is 0.0175. The second kappa shape index (κ2) is 14.6. The molecule has 0 saturated heterocycles. The van der Waals surface area contributed by atoms with Crippen LogP contribution in [0.3, 0.4) is 0 Å². The van der Waals surface area contributed by atoms with Gasteiger partial charge in [-0.1, -0.05) is 127 Å². The summed E-state index contributed by atoms with van der Waals surface area (Å²) < 4.78 is 9.17. The predicted octanol–water partition coefficient (Wildman–Crippen LogP) is 17.4. The Balaban J connectivity index is 0.940. The van der Waals surface area contributed by atoms with Gasteiger partial charge in [0.15, 0.2) is 0 Å². The number of nitrogens with one attached hydrogen (secondary N) is 1. The highest BCUT2D eigenvalue weighted by Gasteiger charge is 2.24. The van der Waals surface area contributed by atoms with Crippen LogP contribution in [0.25, 0.3) is 63.7 Å². The van der Waals surface area contributed by atoms with Crippen molar-refractivity contribution in [3.63, 3.8) is 0 Å². The Labute approximate surface area is 372 Å². The third-order valence-corrected chi connectivity index (χ3v) is 14.8. The molecule has 0 fully saturated rings. The number of anilines is 7. The highest BCUT2D eigenvalue weighted by atomic mass is 32.2. The lowest BCUT2D eigenvalue weighted by molar-refractivity contribution is 0.669. The van der Waals surface area contributed by atoms with Crippen molar-refractivity contribution < 1.29 is 4.42 Å². The summed E-state index contributed by atoms with van der Waals surface area (Å²) in [5.41, 5.74) is 10.7. The van der Waals surface area contributed by atoms with E-state index >= 15 is 0 Å². The third kappa shape index (κ3) is 6.05. The maximum Gasteiger partial charge on any atom is 0.135 e. The van der Waals surface area contributed by atoms with E-state index in [2.05, 4.69) is 227 Å². The number of nitrogens with zero attached hydrogens (tertiary/aromatic N) is 2. The van der Waals surface area contributed by atoms with Gasteiger partial charge in [0.05, 0.1) is 5.69 Å². The summed E-state index contributed by atoms with van der Waals surface area (Å²) >= 11 is 3.72. The minimum absolute atomic E-state index is 0.160. The van der Waals surface area contributed by atoms with Crippen molar-refractivity contribution in [2.24, 2.45) is 0 Å². The number of rotatable bonds is 7. The molecule has 0 aliphatic carbocycles. The number of benzene rings is 10. The molecule has 6 heteroatoms. The van der Waals surface area contributed by atoms with Crippen LogP contribution in [-0.2, 0) is 0 Å². The molecule has 12 aromatic rings. The van der Waals surface area contributed by atoms with Crippen LogP contribution in [0.5, 0.6) is 0 Å². The molecule has 1 unspecified atom stereocenters. The summed E-state index contributed by atoms with van der Waals surface area (Å²) in [6.45, 7) is 0. The summed E-state index contributed by atoms with van der Waals surface area (Å²) in [6, 6.07) is 76.8. The molecule has 10 aromatic carbocycles. The smallest absolute Gasteiger partial charge is 0.135 e. The van der Waals surface area contributed by atoms with Crippen LogP contribution in [0.1, 0.15) is 10.9 Å². The normalized spacial score (nSPS) is 13.6. The molecule has 298 valence electrons. The summed E-state index contributed by atoms with van der Waals surface area (Å²) in [5.74, 6) is 0. The monoisotopic (exact) mass is 843 g/mol. The van der Waals surface area contributed by atoms with E-state index < -0.39 is 0 Å². The van der Waals surface area contributed by atoms with E-state index in [4.69, 9.17) is 4.42 Å². The lowest BCUT2D eigenvalue weighted by Gasteiger charge is -2.27. The molecule has 63 heavy (non-hydrogen) atoms. The SMILES string of the molecule is c1ccc(N(c2ccc3c(c2)sc2ccc4ccccc4c23)c2ccc3oc4ccc(N(c5ccc(C6Nc7ccccc7S6)cc5)c5cccc6ccccc56)cc4c3c2)cc1. The Hall–Kier alpha value is -7.51. The molecule has 13 rings (SSSR count). The quantitative estimate of drug-likeness (QED) is 0.173. The summed E-state index contributed by atoms with van der Waals surface area (Å²) in [4.78, 5) is 6.04. The number of hydrogen-bond acceptors (Lipinski definition) is 6. The van der Waals surface area contributed by atoms with Crippen molar-refractivity contribution in [2.45, 2.75) is 10.3 Å². The predicted molar refractivity (Wildman–Crippen MR) is 270 cm³/mol. The molecule has 2 aromatic heterocycles. The molecule has 1 N–H and O–H groups in total. The zero-order valence-electron chi connectivity index (χ0n) is 33.9. The van der Waals surface area contributed by atoms with Gasteiger partial charge in [0.2, 0.25) is 0 Å². The maximum atomic E-state index is 6.60. The topological polar surface area (TPSA) is 31.7 Å². The average molecular weight is 844 g/mol. The molecule has 0 radical (unpaired) electrons. The van der Waals surface area contributed by atoms with Crippen molar-refractivity contribution in [3.05, 3.63) is 218 Å². The number of thioether (sulfide) groups is 1. The molecule has 1 aliphatic rings. The minimum Gasteiger partial charge on any atom is -0.456 e. The first-order valence-electron chi connectivity index (χ1n) is 21.3. The van der Waals surface area contributed by atoms with Crippen molar-refractivity contribution in [1.82, 2.24) is 0 Å². The van der Waals surface area contributed by atoms with Gasteiger partial charge in [-0.15, -0.1) is 11.3 Å². The van der Waals surface area contributed by atoms with Crippen molar-refractivity contribution in [3.8, 4) is 0 Å². The lowest BCUT2D eigenvalue weighted by Crippen LogP contribution is -2.11. The summed E-state index contributed by atoms with van der Waals surface area (Å²) in [7, 11) is 0. The number of fused-ring (bicyclic) bond motifs is 10. The van der Waals surface area contributed by atoms with E-state index in [1.807, 2.05) is 23.1 Å². The van der Waals surface area contributed by atoms with E-state index in [0.29, 0.717) is 0 Å².